The first kappa shape index (κ1) is 17.9. The van der Waals surface area contributed by atoms with Crippen molar-refractivity contribution in [2.24, 2.45) is 5.10 Å². The number of carbonyl (C=O) groups is 2. The van der Waals surface area contributed by atoms with Gasteiger partial charge >= 0.3 is 0 Å². The van der Waals surface area contributed by atoms with Crippen molar-refractivity contribution in [2.75, 3.05) is 5.32 Å². The van der Waals surface area contributed by atoms with Crippen LogP contribution < -0.4 is 10.7 Å². The highest BCUT2D eigenvalue weighted by Crippen LogP contribution is 2.10. The summed E-state index contributed by atoms with van der Waals surface area (Å²) in [7, 11) is 0. The van der Waals surface area contributed by atoms with Crippen molar-refractivity contribution in [3.63, 3.8) is 0 Å². The summed E-state index contributed by atoms with van der Waals surface area (Å²) in [6.07, 6.45) is 1.73. The van der Waals surface area contributed by atoms with Gasteiger partial charge in [0.05, 0.1) is 6.21 Å². The van der Waals surface area contributed by atoms with Gasteiger partial charge < -0.3 is 5.32 Å². The van der Waals surface area contributed by atoms with Gasteiger partial charge in [-0.1, -0.05) is 45.8 Å². The fraction of sp³-hybridized carbons (Fsp3) is 0.167. The molecule has 5 nitrogen and oxygen atoms in total. The van der Waals surface area contributed by atoms with E-state index in [1.54, 1.807) is 6.21 Å². The number of hydrazone groups is 1. The maximum absolute atomic E-state index is 11.8. The number of aryl methyl sites for hydroxylation is 1. The lowest BCUT2D eigenvalue weighted by molar-refractivity contribution is -0.124. The second kappa shape index (κ2) is 8.98. The number of anilines is 1. The lowest BCUT2D eigenvalue weighted by Crippen LogP contribution is -2.20. The average molecular weight is 388 g/mol. The molecule has 0 atom stereocenters. The Morgan fingerprint density at radius 2 is 1.79 bits per heavy atom. The van der Waals surface area contributed by atoms with Crippen LogP contribution in [0.2, 0.25) is 0 Å². The summed E-state index contributed by atoms with van der Waals surface area (Å²) in [6, 6.07) is 15.0. The molecule has 24 heavy (non-hydrogen) atoms. The zero-order valence-corrected chi connectivity index (χ0v) is 14.8. The van der Waals surface area contributed by atoms with Crippen LogP contribution >= 0.6 is 15.9 Å². The molecule has 0 saturated carbocycles. The normalized spacial score (nSPS) is 10.6. The maximum atomic E-state index is 11.8. The van der Waals surface area contributed by atoms with Crippen molar-refractivity contribution < 1.29 is 9.59 Å². The van der Waals surface area contributed by atoms with E-state index in [1.807, 2.05) is 55.5 Å². The molecule has 0 bridgehead atoms. The van der Waals surface area contributed by atoms with Crippen molar-refractivity contribution in [1.82, 2.24) is 5.43 Å². The van der Waals surface area contributed by atoms with E-state index in [-0.39, 0.29) is 24.7 Å². The van der Waals surface area contributed by atoms with Gasteiger partial charge in [0, 0.05) is 23.0 Å². The van der Waals surface area contributed by atoms with Crippen LogP contribution in [0.5, 0.6) is 0 Å². The Balaban J connectivity index is 1.72. The molecule has 0 aliphatic carbocycles. The van der Waals surface area contributed by atoms with Gasteiger partial charge in [-0.25, -0.2) is 5.43 Å². The third kappa shape index (κ3) is 6.34. The van der Waals surface area contributed by atoms with Gasteiger partial charge in [-0.15, -0.1) is 0 Å². The Morgan fingerprint density at radius 1 is 1.08 bits per heavy atom. The molecule has 0 saturated heterocycles. The Kier molecular flexibility index (Phi) is 6.69. The minimum absolute atomic E-state index is 0.0769. The number of hydrogen-bond donors (Lipinski definition) is 2. The number of nitrogens with zero attached hydrogens (tertiary/aromatic N) is 1. The predicted molar refractivity (Wildman–Crippen MR) is 98.9 cm³/mol. The molecule has 124 valence electrons. The molecule has 6 heteroatoms. The van der Waals surface area contributed by atoms with Crippen molar-refractivity contribution in [2.45, 2.75) is 19.8 Å². The van der Waals surface area contributed by atoms with Crippen LogP contribution in [-0.4, -0.2) is 18.0 Å². The molecule has 0 aliphatic rings. The van der Waals surface area contributed by atoms with Gasteiger partial charge in [0.2, 0.25) is 11.8 Å². The largest absolute Gasteiger partial charge is 0.326 e. The van der Waals surface area contributed by atoms with E-state index in [1.165, 1.54) is 0 Å². The standard InChI is InChI=1S/C18H18BrN3O2/c1-13-5-7-16(8-6-13)21-17(23)9-10-18(24)22-20-12-14-3-2-4-15(19)11-14/h2-8,11-12H,9-10H2,1H3,(H,21,23)(H,22,24)/b20-12-. The Hall–Kier alpha value is -2.47. The second-order valence-corrected chi connectivity index (χ2v) is 6.18. The van der Waals surface area contributed by atoms with Gasteiger partial charge in [-0.3, -0.25) is 9.59 Å². The summed E-state index contributed by atoms with van der Waals surface area (Å²) in [4.78, 5) is 23.5. The van der Waals surface area contributed by atoms with E-state index in [4.69, 9.17) is 0 Å². The van der Waals surface area contributed by atoms with Crippen LogP contribution in [0.25, 0.3) is 0 Å². The third-order valence-corrected chi connectivity index (χ3v) is 3.66. The van der Waals surface area contributed by atoms with Gasteiger partial charge in [0.1, 0.15) is 0 Å². The van der Waals surface area contributed by atoms with Crippen LogP contribution in [0, 0.1) is 6.92 Å². The zero-order chi connectivity index (χ0) is 17.4. The number of rotatable bonds is 6. The van der Waals surface area contributed by atoms with Gasteiger partial charge in [0.25, 0.3) is 0 Å². The highest BCUT2D eigenvalue weighted by atomic mass is 79.9. The summed E-state index contributed by atoms with van der Waals surface area (Å²) >= 11 is 3.36. The molecule has 2 N–H and O–H groups in total. The number of benzene rings is 2. The predicted octanol–water partition coefficient (Wildman–Crippen LogP) is 3.63. The van der Waals surface area contributed by atoms with Crippen LogP contribution in [0.15, 0.2) is 58.1 Å². The number of carbonyl (C=O) groups excluding carboxylic acids is 2. The maximum Gasteiger partial charge on any atom is 0.240 e. The topological polar surface area (TPSA) is 70.6 Å². The number of hydrogen-bond acceptors (Lipinski definition) is 3. The van der Waals surface area contributed by atoms with E-state index in [9.17, 15) is 9.59 Å². The molecule has 0 radical (unpaired) electrons. The molecule has 0 fully saturated rings. The first-order chi connectivity index (χ1) is 11.5. The highest BCUT2D eigenvalue weighted by molar-refractivity contribution is 9.10. The lowest BCUT2D eigenvalue weighted by Gasteiger charge is -2.05. The van der Waals surface area contributed by atoms with Crippen molar-refractivity contribution in [3.05, 3.63) is 64.1 Å². The monoisotopic (exact) mass is 387 g/mol. The number of nitrogens with one attached hydrogen (secondary N) is 2. The molecular formula is C18H18BrN3O2. The minimum atomic E-state index is -0.305. The lowest BCUT2D eigenvalue weighted by atomic mass is 10.2. The SMILES string of the molecule is Cc1ccc(NC(=O)CCC(=O)N/N=C\c2cccc(Br)c2)cc1. The summed E-state index contributed by atoms with van der Waals surface area (Å²) in [5.41, 5.74) is 5.12. The molecule has 0 aliphatic heterocycles. The Bertz CT molecular complexity index is 742. The second-order valence-electron chi connectivity index (χ2n) is 5.26. The Labute approximate surface area is 149 Å². The van der Waals surface area contributed by atoms with E-state index in [2.05, 4.69) is 31.8 Å². The van der Waals surface area contributed by atoms with Crippen molar-refractivity contribution >= 4 is 39.6 Å². The van der Waals surface area contributed by atoms with Crippen LogP contribution in [-0.2, 0) is 9.59 Å². The van der Waals surface area contributed by atoms with Crippen molar-refractivity contribution in [3.8, 4) is 0 Å². The molecule has 0 heterocycles. The minimum Gasteiger partial charge on any atom is -0.326 e. The van der Waals surface area contributed by atoms with E-state index in [0.29, 0.717) is 0 Å². The molecule has 2 aromatic carbocycles. The molecule has 2 amide bonds. The molecule has 0 aromatic heterocycles. The Morgan fingerprint density at radius 3 is 2.50 bits per heavy atom. The third-order valence-electron chi connectivity index (χ3n) is 3.17. The molecule has 2 rings (SSSR count). The van der Waals surface area contributed by atoms with Crippen LogP contribution in [0.4, 0.5) is 5.69 Å². The van der Waals surface area contributed by atoms with Crippen LogP contribution in [0.3, 0.4) is 0 Å². The summed E-state index contributed by atoms with van der Waals surface area (Å²) in [5, 5.41) is 6.63. The fourth-order valence-electron chi connectivity index (χ4n) is 1.91. The van der Waals surface area contributed by atoms with E-state index < -0.39 is 0 Å². The molecular weight excluding hydrogens is 370 g/mol. The van der Waals surface area contributed by atoms with Gasteiger partial charge in [0.15, 0.2) is 0 Å². The number of halogens is 1. The molecule has 2 aromatic rings. The summed E-state index contributed by atoms with van der Waals surface area (Å²) in [6.45, 7) is 1.98. The molecule has 0 unspecified atom stereocenters. The molecule has 0 spiro atoms. The van der Waals surface area contributed by atoms with Gasteiger partial charge in [-0.05, 0) is 36.8 Å². The first-order valence-electron chi connectivity index (χ1n) is 7.47. The van der Waals surface area contributed by atoms with E-state index >= 15 is 0 Å². The van der Waals surface area contributed by atoms with E-state index in [0.717, 1.165) is 21.3 Å². The zero-order valence-electron chi connectivity index (χ0n) is 13.3. The van der Waals surface area contributed by atoms with Gasteiger partial charge in [-0.2, -0.15) is 5.10 Å². The fourth-order valence-corrected chi connectivity index (χ4v) is 2.33. The average Bonchev–Trinajstić information content (AvgIpc) is 2.55. The van der Waals surface area contributed by atoms with Crippen LogP contribution in [0.1, 0.15) is 24.0 Å². The number of amides is 2. The van der Waals surface area contributed by atoms with Crippen molar-refractivity contribution in [1.29, 1.82) is 0 Å². The summed E-state index contributed by atoms with van der Waals surface area (Å²) in [5.74, 6) is -0.509. The quantitative estimate of drug-likeness (QED) is 0.586. The summed E-state index contributed by atoms with van der Waals surface area (Å²) < 4.78 is 0.936. The highest BCUT2D eigenvalue weighted by Gasteiger charge is 2.06. The smallest absolute Gasteiger partial charge is 0.240 e. The first-order valence-corrected chi connectivity index (χ1v) is 8.26.